The van der Waals surface area contributed by atoms with Crippen LogP contribution in [0.15, 0.2) is 62.2 Å². The second-order valence-electron chi connectivity index (χ2n) is 9.54. The third kappa shape index (κ3) is 4.87. The Labute approximate surface area is 211 Å². The number of hydrogen-bond acceptors (Lipinski definition) is 8. The molecule has 0 unspecified atom stereocenters. The van der Waals surface area contributed by atoms with E-state index in [2.05, 4.69) is 4.98 Å². The summed E-state index contributed by atoms with van der Waals surface area (Å²) in [5.74, 6) is -1.43. The Hall–Kier alpha value is -3.96. The van der Waals surface area contributed by atoms with E-state index in [0.29, 0.717) is 46.3 Å². The summed E-state index contributed by atoms with van der Waals surface area (Å²) >= 11 is 0. The molecule has 0 amide bonds. The van der Waals surface area contributed by atoms with E-state index in [1.807, 2.05) is 18.7 Å². The molecule has 0 bridgehead atoms. The quantitative estimate of drug-likeness (QED) is 0.264. The van der Waals surface area contributed by atoms with Gasteiger partial charge in [0, 0.05) is 35.7 Å². The van der Waals surface area contributed by atoms with Gasteiger partial charge in [0.1, 0.15) is 22.4 Å². The first kappa shape index (κ1) is 24.7. The molecule has 1 aliphatic rings. The molecule has 2 N–H and O–H groups in total. The molecule has 1 aliphatic heterocycles. The highest BCUT2D eigenvalue weighted by atomic mass is 32.2. The van der Waals surface area contributed by atoms with Crippen molar-refractivity contribution in [3.63, 3.8) is 0 Å². The highest BCUT2D eigenvalue weighted by Gasteiger charge is 2.34. The van der Waals surface area contributed by atoms with Crippen LogP contribution in [0, 0.1) is 0 Å². The maximum absolute atomic E-state index is 12.9. The summed E-state index contributed by atoms with van der Waals surface area (Å²) in [4.78, 5) is 30.3. The van der Waals surface area contributed by atoms with E-state index in [4.69, 9.17) is 13.9 Å². The minimum absolute atomic E-state index is 0.0416. The predicted molar refractivity (Wildman–Crippen MR) is 138 cm³/mol. The highest BCUT2D eigenvalue weighted by Crippen LogP contribution is 2.42. The summed E-state index contributed by atoms with van der Waals surface area (Å²) in [5.41, 5.74) is 1.58. The van der Waals surface area contributed by atoms with Gasteiger partial charge in [-0.3, -0.25) is 9.35 Å². The molecule has 3 heterocycles. The van der Waals surface area contributed by atoms with Crippen molar-refractivity contribution in [1.82, 2.24) is 4.98 Å². The minimum Gasteiger partial charge on any atom is -0.481 e. The molecule has 5 rings (SSSR count). The van der Waals surface area contributed by atoms with Gasteiger partial charge in [0.2, 0.25) is 5.89 Å². The monoisotopic (exact) mass is 524 g/mol. The third-order valence-corrected chi connectivity index (χ3v) is 7.02. The number of carbonyl (C=O) groups is 1. The molecule has 0 saturated heterocycles. The number of aromatic nitrogens is 1. The summed E-state index contributed by atoms with van der Waals surface area (Å²) in [6.45, 7) is 4.08. The van der Waals surface area contributed by atoms with Crippen molar-refractivity contribution in [2.24, 2.45) is 0 Å². The van der Waals surface area contributed by atoms with Crippen molar-refractivity contribution in [3.8, 4) is 11.5 Å². The van der Waals surface area contributed by atoms with Crippen LogP contribution < -0.4 is 10.5 Å². The molecule has 11 heteroatoms. The average molecular weight is 525 g/mol. The summed E-state index contributed by atoms with van der Waals surface area (Å²) in [7, 11) is -4.35. The van der Waals surface area contributed by atoms with Gasteiger partial charge in [0.25, 0.3) is 10.1 Å². The molecular weight excluding hydrogens is 500 g/mol. The Balaban J connectivity index is 1.68. The van der Waals surface area contributed by atoms with Gasteiger partial charge in [0.05, 0.1) is 5.54 Å². The number of nitrogens with zero attached hydrogens (tertiary/aromatic N) is 2. The van der Waals surface area contributed by atoms with E-state index in [0.717, 1.165) is 0 Å². The fraction of sp³-hybridized carbons (Fsp3) is 0.269. The van der Waals surface area contributed by atoms with Crippen molar-refractivity contribution in [2.45, 2.75) is 32.2 Å². The Bertz CT molecular complexity index is 1710. The topological polar surface area (TPSA) is 151 Å². The Morgan fingerprint density at radius 2 is 1.81 bits per heavy atom. The van der Waals surface area contributed by atoms with Crippen LogP contribution in [-0.2, 0) is 14.9 Å². The molecule has 4 aromatic rings. The van der Waals surface area contributed by atoms with Crippen LogP contribution in [0.1, 0.15) is 32.3 Å². The first-order valence-electron chi connectivity index (χ1n) is 11.6. The molecule has 37 heavy (non-hydrogen) atoms. The van der Waals surface area contributed by atoms with Gasteiger partial charge in [-0.25, -0.2) is 9.78 Å². The largest absolute Gasteiger partial charge is 0.481 e. The molecule has 0 fully saturated rings. The number of aliphatic carboxylic acids is 1. The number of carboxylic acids is 1. The van der Waals surface area contributed by atoms with Crippen LogP contribution in [-0.4, -0.2) is 46.9 Å². The van der Waals surface area contributed by atoms with Gasteiger partial charge in [-0.15, -0.1) is 0 Å². The first-order valence-corrected chi connectivity index (χ1v) is 13.2. The molecular formula is C26H24N2O8S. The van der Waals surface area contributed by atoms with Crippen LogP contribution in [0.4, 0.5) is 5.69 Å². The molecule has 0 atom stereocenters. The molecule has 192 valence electrons. The summed E-state index contributed by atoms with van der Waals surface area (Å²) in [6, 6.07) is 12.0. The number of carboxylic acid groups (broad SMARTS) is 1. The van der Waals surface area contributed by atoms with Crippen LogP contribution in [0.5, 0.6) is 0 Å². The van der Waals surface area contributed by atoms with Crippen molar-refractivity contribution in [1.29, 1.82) is 0 Å². The van der Waals surface area contributed by atoms with E-state index in [1.165, 1.54) is 0 Å². The van der Waals surface area contributed by atoms with Gasteiger partial charge in [-0.05, 0) is 50.1 Å². The number of oxazole rings is 1. The maximum Gasteiger partial charge on any atom is 0.349 e. The molecule has 2 aromatic heterocycles. The summed E-state index contributed by atoms with van der Waals surface area (Å²) in [6.07, 6.45) is 2.05. The van der Waals surface area contributed by atoms with Gasteiger partial charge >= 0.3 is 11.6 Å². The Morgan fingerprint density at radius 3 is 2.51 bits per heavy atom. The van der Waals surface area contributed by atoms with Gasteiger partial charge in [-0.2, -0.15) is 8.42 Å². The Kier molecular flexibility index (Phi) is 5.92. The fourth-order valence-electron chi connectivity index (χ4n) is 4.78. The standard InChI is InChI=1S/C26H24N2O8S/c1-26(2)13-16(14-37(32,33)34)17-10-15-11-18(24-27-19-6-3-4-7-21(19)35-24)25(31)36-22(15)12-20(17)28(26)9-5-8-23(29)30/h3-4,6-7,10-13H,5,8-9,14H2,1-2H3,(H,29,30)(H,32,33,34). The minimum atomic E-state index is -4.35. The first-order chi connectivity index (χ1) is 17.4. The zero-order valence-electron chi connectivity index (χ0n) is 20.1. The number of fused-ring (bicyclic) bond motifs is 3. The van der Waals surface area contributed by atoms with Crippen LogP contribution in [0.25, 0.3) is 39.1 Å². The van der Waals surface area contributed by atoms with Crippen molar-refractivity contribution >= 4 is 49.4 Å². The lowest BCUT2D eigenvalue weighted by atomic mass is 9.87. The highest BCUT2D eigenvalue weighted by molar-refractivity contribution is 7.86. The Morgan fingerprint density at radius 1 is 1.08 bits per heavy atom. The number of rotatable bonds is 7. The SMILES string of the molecule is CC1(C)C=C(CS(=O)(=O)O)c2cc3cc(-c4nc5ccccc5o4)c(=O)oc3cc2N1CCCC(=O)O. The molecule has 10 nitrogen and oxygen atoms in total. The third-order valence-electron chi connectivity index (χ3n) is 6.34. The van der Waals surface area contributed by atoms with E-state index < -0.39 is 33.0 Å². The van der Waals surface area contributed by atoms with Crippen molar-refractivity contribution in [2.75, 3.05) is 17.2 Å². The number of para-hydroxylation sites is 2. The van der Waals surface area contributed by atoms with E-state index in [9.17, 15) is 22.6 Å². The fourth-order valence-corrected chi connectivity index (χ4v) is 5.41. The molecule has 0 saturated carbocycles. The number of benzene rings is 2. The summed E-state index contributed by atoms with van der Waals surface area (Å²) in [5, 5.41) is 9.59. The van der Waals surface area contributed by atoms with Crippen molar-refractivity contribution < 1.29 is 31.7 Å². The number of anilines is 1. The zero-order chi connectivity index (χ0) is 26.5. The van der Waals surface area contributed by atoms with Gasteiger partial charge in [0.15, 0.2) is 5.58 Å². The normalized spacial score (nSPS) is 15.1. The van der Waals surface area contributed by atoms with E-state index in [1.54, 1.807) is 48.5 Å². The maximum atomic E-state index is 12.9. The zero-order valence-corrected chi connectivity index (χ0v) is 20.9. The van der Waals surface area contributed by atoms with Crippen LogP contribution in [0.3, 0.4) is 0 Å². The smallest absolute Gasteiger partial charge is 0.349 e. The summed E-state index contributed by atoms with van der Waals surface area (Å²) < 4.78 is 44.7. The number of hydrogen-bond donors (Lipinski definition) is 2. The lowest BCUT2D eigenvalue weighted by Crippen LogP contribution is -2.46. The average Bonchev–Trinajstić information content (AvgIpc) is 3.22. The lowest BCUT2D eigenvalue weighted by Gasteiger charge is -2.43. The van der Waals surface area contributed by atoms with Crippen molar-refractivity contribution in [3.05, 3.63) is 64.5 Å². The second kappa shape index (κ2) is 8.86. The molecule has 0 spiro atoms. The van der Waals surface area contributed by atoms with Crippen LogP contribution >= 0.6 is 0 Å². The molecule has 0 aliphatic carbocycles. The predicted octanol–water partition coefficient (Wildman–Crippen LogP) is 4.34. The lowest BCUT2D eigenvalue weighted by molar-refractivity contribution is -0.137. The second-order valence-corrected chi connectivity index (χ2v) is 11.0. The molecule has 0 radical (unpaired) electrons. The van der Waals surface area contributed by atoms with Gasteiger partial charge in [-0.1, -0.05) is 18.2 Å². The van der Waals surface area contributed by atoms with E-state index in [-0.39, 0.29) is 23.5 Å². The van der Waals surface area contributed by atoms with E-state index >= 15 is 0 Å². The molecule has 2 aromatic carbocycles. The van der Waals surface area contributed by atoms with Gasteiger partial charge < -0.3 is 18.8 Å². The van der Waals surface area contributed by atoms with Crippen LogP contribution in [0.2, 0.25) is 0 Å².